The molecule has 0 spiro atoms. The lowest BCUT2D eigenvalue weighted by molar-refractivity contribution is -0.0369. The molecule has 0 aliphatic carbocycles. The number of rotatable bonds is 8. The number of nitrogens with zero attached hydrogens (tertiary/aromatic N) is 3. The Morgan fingerprint density at radius 2 is 2.08 bits per heavy atom. The van der Waals surface area contributed by atoms with Gasteiger partial charge >= 0.3 is 6.09 Å². The van der Waals surface area contributed by atoms with Crippen LogP contribution in [-0.2, 0) is 9.47 Å². The molecular formula is C27H33FN4O6. The number of aliphatic hydroxyl groups excluding tert-OH is 1. The molecule has 1 amide bonds. The van der Waals surface area contributed by atoms with Crippen molar-refractivity contribution < 1.29 is 33.3 Å². The summed E-state index contributed by atoms with van der Waals surface area (Å²) >= 11 is 0. The summed E-state index contributed by atoms with van der Waals surface area (Å²) in [7, 11) is 0. The van der Waals surface area contributed by atoms with Gasteiger partial charge in [0, 0.05) is 36.1 Å². The van der Waals surface area contributed by atoms with Crippen LogP contribution in [0.2, 0.25) is 0 Å². The van der Waals surface area contributed by atoms with E-state index in [0.717, 1.165) is 12.8 Å². The Morgan fingerprint density at radius 1 is 1.29 bits per heavy atom. The minimum absolute atomic E-state index is 0.0641. The van der Waals surface area contributed by atoms with Gasteiger partial charge in [-0.1, -0.05) is 0 Å². The van der Waals surface area contributed by atoms with Gasteiger partial charge in [-0.05, 0) is 65.2 Å². The number of nitrogens with one attached hydrogen (secondary N) is 1. The number of amides is 1. The molecule has 2 N–H and O–H groups in total. The van der Waals surface area contributed by atoms with Gasteiger partial charge in [0.25, 0.3) is 0 Å². The summed E-state index contributed by atoms with van der Waals surface area (Å²) in [5.41, 5.74) is 0.149. The van der Waals surface area contributed by atoms with Crippen molar-refractivity contribution in [3.63, 3.8) is 0 Å². The summed E-state index contributed by atoms with van der Waals surface area (Å²) in [5.74, 6) is -0.904. The van der Waals surface area contributed by atoms with Crippen molar-refractivity contribution in [1.82, 2.24) is 14.8 Å². The number of aliphatic hydroxyl groups is 1. The maximum atomic E-state index is 15.0. The van der Waals surface area contributed by atoms with Gasteiger partial charge in [-0.3, -0.25) is 10.1 Å². The van der Waals surface area contributed by atoms with Crippen LogP contribution in [0.4, 0.5) is 14.9 Å². The molecule has 1 aromatic carbocycles. The van der Waals surface area contributed by atoms with Crippen LogP contribution in [0.1, 0.15) is 74.3 Å². The predicted molar refractivity (Wildman–Crippen MR) is 138 cm³/mol. The first-order valence-corrected chi connectivity index (χ1v) is 12.7. The van der Waals surface area contributed by atoms with Gasteiger partial charge in [-0.2, -0.15) is 5.10 Å². The normalized spacial score (nSPS) is 15.9. The minimum Gasteiger partial charge on any atom is -0.477 e. The Labute approximate surface area is 220 Å². The third kappa shape index (κ3) is 6.11. The third-order valence-corrected chi connectivity index (χ3v) is 5.94. The van der Waals surface area contributed by atoms with E-state index in [9.17, 15) is 9.59 Å². The number of benzene rings is 1. The topological polar surface area (TPSA) is 125 Å². The molecule has 204 valence electrons. The van der Waals surface area contributed by atoms with E-state index in [-0.39, 0.29) is 41.6 Å². The fourth-order valence-corrected chi connectivity index (χ4v) is 4.24. The molecule has 4 rings (SSSR count). The van der Waals surface area contributed by atoms with Gasteiger partial charge in [-0.15, -0.1) is 0 Å². The number of ether oxygens (including phenoxy) is 3. The first-order chi connectivity index (χ1) is 18.1. The monoisotopic (exact) mass is 528 g/mol. The number of pyridine rings is 1. The van der Waals surface area contributed by atoms with Crippen molar-refractivity contribution in [2.75, 3.05) is 25.1 Å². The second kappa shape index (κ2) is 11.4. The van der Waals surface area contributed by atoms with Crippen molar-refractivity contribution >= 4 is 28.5 Å². The van der Waals surface area contributed by atoms with E-state index in [1.54, 1.807) is 33.8 Å². The van der Waals surface area contributed by atoms with Crippen LogP contribution in [0.5, 0.6) is 5.88 Å². The number of hydrogen-bond donors (Lipinski definition) is 2. The summed E-state index contributed by atoms with van der Waals surface area (Å²) in [5, 5.41) is 16.4. The number of ketones is 1. The molecule has 0 bridgehead atoms. The summed E-state index contributed by atoms with van der Waals surface area (Å²) in [6, 6.07) is 4.15. The Morgan fingerprint density at radius 3 is 2.76 bits per heavy atom. The lowest BCUT2D eigenvalue weighted by Crippen LogP contribution is -2.28. The highest BCUT2D eigenvalue weighted by molar-refractivity contribution is 6.18. The molecule has 1 unspecified atom stereocenters. The molecule has 0 radical (unpaired) electrons. The lowest BCUT2D eigenvalue weighted by atomic mass is 10.0. The van der Waals surface area contributed by atoms with Crippen molar-refractivity contribution in [3.8, 4) is 5.88 Å². The fraction of sp³-hybridized carbons (Fsp3) is 0.481. The van der Waals surface area contributed by atoms with E-state index in [2.05, 4.69) is 15.4 Å². The molecule has 0 saturated carbocycles. The predicted octanol–water partition coefficient (Wildman–Crippen LogP) is 4.92. The van der Waals surface area contributed by atoms with E-state index in [0.29, 0.717) is 30.4 Å². The summed E-state index contributed by atoms with van der Waals surface area (Å²) in [4.78, 5) is 30.9. The first kappa shape index (κ1) is 27.5. The SMILES string of the molecule is Cc1cc(NC(=O)OC(C)(C)C)c(C(=O)c2ccc(F)c3c2cnn3C2CCCCO2)nc1OCCCO. The maximum absolute atomic E-state index is 15.0. The lowest BCUT2D eigenvalue weighted by Gasteiger charge is -2.23. The van der Waals surface area contributed by atoms with Gasteiger partial charge in [0.1, 0.15) is 22.6 Å². The standard InChI is InChI=1S/C27H33FN4O6/c1-16-14-20(30-26(35)38-27(2,3)4)22(31-25(16)37-13-7-11-33)24(34)17-9-10-19(28)23-18(17)15-29-32(23)21-8-5-6-12-36-21/h9-10,14-15,21,33H,5-8,11-13H2,1-4H3,(H,30,35). The zero-order valence-electron chi connectivity index (χ0n) is 22.0. The second-order valence-electron chi connectivity index (χ2n) is 10.2. The number of carbonyl (C=O) groups is 2. The van der Waals surface area contributed by atoms with Crippen LogP contribution < -0.4 is 10.1 Å². The number of halogens is 1. The van der Waals surface area contributed by atoms with Gasteiger partial charge in [0.2, 0.25) is 11.7 Å². The summed E-state index contributed by atoms with van der Waals surface area (Å²) in [6.07, 6.45) is 3.19. The molecule has 11 heteroatoms. The van der Waals surface area contributed by atoms with E-state index in [1.165, 1.54) is 23.0 Å². The van der Waals surface area contributed by atoms with Crippen LogP contribution in [0.25, 0.3) is 10.9 Å². The quantitative estimate of drug-likeness (QED) is 0.312. The molecule has 38 heavy (non-hydrogen) atoms. The third-order valence-electron chi connectivity index (χ3n) is 5.94. The molecule has 1 fully saturated rings. The van der Waals surface area contributed by atoms with Crippen LogP contribution >= 0.6 is 0 Å². The van der Waals surface area contributed by atoms with E-state index in [1.807, 2.05) is 0 Å². The Balaban J connectivity index is 1.77. The second-order valence-corrected chi connectivity index (χ2v) is 10.2. The minimum atomic E-state index is -0.761. The number of aromatic nitrogens is 3. The van der Waals surface area contributed by atoms with Gasteiger partial charge in [0.05, 0.1) is 18.5 Å². The fourth-order valence-electron chi connectivity index (χ4n) is 4.24. The highest BCUT2D eigenvalue weighted by Gasteiger charge is 2.27. The highest BCUT2D eigenvalue weighted by Crippen LogP contribution is 2.32. The van der Waals surface area contributed by atoms with Crippen molar-refractivity contribution in [2.45, 2.75) is 65.2 Å². The van der Waals surface area contributed by atoms with Crippen molar-refractivity contribution in [2.24, 2.45) is 0 Å². The van der Waals surface area contributed by atoms with E-state index < -0.39 is 29.5 Å². The molecule has 3 aromatic rings. The zero-order valence-corrected chi connectivity index (χ0v) is 22.0. The maximum Gasteiger partial charge on any atom is 0.412 e. The summed E-state index contributed by atoms with van der Waals surface area (Å²) < 4.78 is 33.3. The van der Waals surface area contributed by atoms with Gasteiger partial charge in [-0.25, -0.2) is 18.9 Å². The molecule has 1 atom stereocenters. The van der Waals surface area contributed by atoms with Crippen LogP contribution in [0, 0.1) is 12.7 Å². The smallest absolute Gasteiger partial charge is 0.412 e. The number of anilines is 1. The number of hydrogen-bond acceptors (Lipinski definition) is 8. The number of carbonyl (C=O) groups excluding carboxylic acids is 2. The molecule has 3 heterocycles. The molecule has 1 aliphatic rings. The van der Waals surface area contributed by atoms with Gasteiger partial charge < -0.3 is 19.3 Å². The molecular weight excluding hydrogens is 495 g/mol. The van der Waals surface area contributed by atoms with Crippen LogP contribution in [-0.4, -0.2) is 57.2 Å². The zero-order chi connectivity index (χ0) is 27.4. The first-order valence-electron chi connectivity index (χ1n) is 12.7. The molecule has 1 saturated heterocycles. The van der Waals surface area contributed by atoms with E-state index in [4.69, 9.17) is 19.3 Å². The van der Waals surface area contributed by atoms with E-state index >= 15 is 4.39 Å². The van der Waals surface area contributed by atoms with Crippen LogP contribution in [0.3, 0.4) is 0 Å². The van der Waals surface area contributed by atoms with Crippen molar-refractivity contribution in [1.29, 1.82) is 0 Å². The summed E-state index contributed by atoms with van der Waals surface area (Å²) in [6.45, 7) is 7.57. The average Bonchev–Trinajstić information content (AvgIpc) is 3.31. The Bertz CT molecular complexity index is 1330. The molecule has 2 aromatic heterocycles. The Hall–Kier alpha value is -3.57. The highest BCUT2D eigenvalue weighted by atomic mass is 19.1. The number of fused-ring (bicyclic) bond motifs is 1. The number of aryl methyl sites for hydroxylation is 1. The molecule has 1 aliphatic heterocycles. The average molecular weight is 529 g/mol. The Kier molecular flexibility index (Phi) is 8.27. The van der Waals surface area contributed by atoms with Crippen LogP contribution in [0.15, 0.2) is 24.4 Å². The molecule has 10 nitrogen and oxygen atoms in total. The van der Waals surface area contributed by atoms with Gasteiger partial charge in [0.15, 0.2) is 6.23 Å². The van der Waals surface area contributed by atoms with Crippen molar-refractivity contribution in [3.05, 3.63) is 47.0 Å². The largest absolute Gasteiger partial charge is 0.477 e.